The van der Waals surface area contributed by atoms with Crippen LogP contribution in [-0.4, -0.2) is 147 Å². The summed E-state index contributed by atoms with van der Waals surface area (Å²) in [6.45, 7) is 15.1. The number of pyridine rings is 1. The summed E-state index contributed by atoms with van der Waals surface area (Å²) in [5.74, 6) is -1.16. The number of aliphatic hydroxyl groups excluding tert-OH is 1. The normalized spacial score (nSPS) is 21.5. The number of benzene rings is 3. The van der Waals surface area contributed by atoms with Crippen LogP contribution in [0.25, 0.3) is 43.4 Å². The molecule has 4 saturated heterocycles. The van der Waals surface area contributed by atoms with E-state index in [-0.39, 0.29) is 79.5 Å². The van der Waals surface area contributed by atoms with Gasteiger partial charge in [-0.15, -0.1) is 11.3 Å². The second kappa shape index (κ2) is 22.9. The number of carbonyl (C=O) groups excluding carboxylic acids is 3. The van der Waals surface area contributed by atoms with E-state index in [0.29, 0.717) is 61.5 Å². The Morgan fingerprint density at radius 3 is 2.49 bits per heavy atom. The minimum atomic E-state index is -0.960. The van der Waals surface area contributed by atoms with E-state index in [1.54, 1.807) is 29.7 Å². The number of aromatic nitrogens is 4. The van der Waals surface area contributed by atoms with Gasteiger partial charge in [0.05, 0.1) is 46.8 Å². The van der Waals surface area contributed by atoms with Gasteiger partial charge < -0.3 is 45.4 Å². The number of amides is 3. The highest BCUT2D eigenvalue weighted by Gasteiger charge is 2.45. The van der Waals surface area contributed by atoms with Gasteiger partial charge in [0.15, 0.2) is 5.82 Å². The SMILES string of the molecule is CCc1cccc2cc(O)cc(-c3ncc4c(N5CC6CCC(C5)N6)nc(OCC5CCCN5CCOCCC(=O)NC(C(=O)N5CC(O)CC5C(=O)NC(C)c5ccc(-c6scnc6C)cc5)C(C)(C)C)nc4c3F)c12. The fourth-order valence-corrected chi connectivity index (χ4v) is 12.5. The van der Waals surface area contributed by atoms with E-state index >= 15 is 4.39 Å². The number of likely N-dealkylation sites (tertiary alicyclic amines) is 2. The van der Waals surface area contributed by atoms with E-state index in [1.807, 2.05) is 89.5 Å². The van der Waals surface area contributed by atoms with Crippen LogP contribution in [0.5, 0.6) is 11.8 Å². The first-order valence-corrected chi connectivity index (χ1v) is 28.1. The van der Waals surface area contributed by atoms with Gasteiger partial charge in [0.2, 0.25) is 17.7 Å². The number of carbonyl (C=O) groups is 3. The number of nitrogens with zero attached hydrogens (tertiary/aromatic N) is 7. The molecule has 5 N–H and O–H groups in total. The Morgan fingerprint density at radius 1 is 0.987 bits per heavy atom. The molecule has 0 radical (unpaired) electrons. The Balaban J connectivity index is 0.747. The second-order valence-electron chi connectivity index (χ2n) is 22.3. The molecule has 3 amide bonds. The fourth-order valence-electron chi connectivity index (χ4n) is 11.7. The number of anilines is 1. The molecule has 408 valence electrons. The van der Waals surface area contributed by atoms with Crippen LogP contribution in [0.2, 0.25) is 0 Å². The first-order chi connectivity index (χ1) is 37.0. The highest BCUT2D eigenvalue weighted by atomic mass is 32.1. The Labute approximate surface area is 453 Å². The Bertz CT molecular complexity index is 3120. The molecule has 77 heavy (non-hydrogen) atoms. The summed E-state index contributed by atoms with van der Waals surface area (Å²) in [5, 5.41) is 33.3. The number of hydrogen-bond acceptors (Lipinski definition) is 15. The summed E-state index contributed by atoms with van der Waals surface area (Å²) < 4.78 is 29.6. The lowest BCUT2D eigenvalue weighted by Gasteiger charge is -2.35. The predicted octanol–water partition coefficient (Wildman–Crippen LogP) is 7.24. The van der Waals surface area contributed by atoms with Gasteiger partial charge in [-0.1, -0.05) is 70.2 Å². The molecular formula is C58H71FN10O7S. The van der Waals surface area contributed by atoms with Crippen molar-refractivity contribution >= 4 is 56.6 Å². The zero-order valence-electron chi connectivity index (χ0n) is 44.9. The first-order valence-electron chi connectivity index (χ1n) is 27.2. The molecule has 7 unspecified atom stereocenters. The lowest BCUT2D eigenvalue weighted by atomic mass is 9.85. The van der Waals surface area contributed by atoms with Crippen molar-refractivity contribution in [2.45, 2.75) is 129 Å². The van der Waals surface area contributed by atoms with Gasteiger partial charge in [0.25, 0.3) is 0 Å². The number of hydrogen-bond donors (Lipinski definition) is 5. The fraction of sp³-hybridized carbons (Fsp3) is 0.500. The highest BCUT2D eigenvalue weighted by molar-refractivity contribution is 7.13. The Hall–Kier alpha value is -6.38. The molecule has 10 rings (SSSR count). The number of thiazole rings is 1. The van der Waals surface area contributed by atoms with E-state index in [2.05, 4.69) is 30.7 Å². The number of aryl methyl sites for hydroxylation is 2. The van der Waals surface area contributed by atoms with E-state index in [4.69, 9.17) is 24.4 Å². The third-order valence-corrected chi connectivity index (χ3v) is 16.8. The van der Waals surface area contributed by atoms with Gasteiger partial charge in [0, 0.05) is 68.9 Å². The maximum absolute atomic E-state index is 17.2. The molecular weight excluding hydrogens is 1000 g/mol. The number of phenols is 1. The van der Waals surface area contributed by atoms with Crippen molar-refractivity contribution < 1.29 is 38.5 Å². The molecule has 3 aromatic heterocycles. The van der Waals surface area contributed by atoms with E-state index in [1.165, 1.54) is 4.90 Å². The number of piperazine rings is 1. The summed E-state index contributed by atoms with van der Waals surface area (Å²) in [5.41, 5.74) is 5.74. The summed E-state index contributed by atoms with van der Waals surface area (Å²) in [7, 11) is 0. The third-order valence-electron chi connectivity index (χ3n) is 15.8. The minimum absolute atomic E-state index is 0.0171. The van der Waals surface area contributed by atoms with Crippen LogP contribution in [0.1, 0.15) is 96.0 Å². The Morgan fingerprint density at radius 2 is 1.77 bits per heavy atom. The standard InChI is InChI=1S/C58H71FN10O7S/c1-7-35-10-8-11-38-24-42(70)25-44(48(35)38)50-49(59)51-45(27-60-50)54(68-28-39-17-18-40(29-68)63-39)66-57(65-51)76-31-41-12-9-20-67(41)21-23-75-22-19-47(72)64-53(58(4,5)6)56(74)69-30-43(71)26-46(69)55(73)62-33(2)36-13-15-37(16-14-36)52-34(3)61-32-77-52/h8,10-11,13-16,24-25,27,32-33,39-41,43,46,53,63,70-71H,7,9,12,17-23,26,28-31H2,1-6H3,(H,62,73)(H,64,72). The van der Waals surface area contributed by atoms with Crippen LogP contribution in [0.15, 0.2) is 66.3 Å². The largest absolute Gasteiger partial charge is 0.508 e. The van der Waals surface area contributed by atoms with Crippen molar-refractivity contribution in [1.29, 1.82) is 0 Å². The summed E-state index contributed by atoms with van der Waals surface area (Å²) in [6.07, 6.45) is 5.52. The van der Waals surface area contributed by atoms with Crippen LogP contribution >= 0.6 is 11.3 Å². The molecule has 0 aliphatic carbocycles. The molecule has 6 aromatic rings. The number of fused-ring (bicyclic) bond motifs is 4. The number of rotatable bonds is 18. The molecule has 4 aliphatic rings. The number of aliphatic hydroxyl groups is 1. The van der Waals surface area contributed by atoms with Gasteiger partial charge >= 0.3 is 6.01 Å². The van der Waals surface area contributed by atoms with Crippen LogP contribution in [0.4, 0.5) is 10.2 Å². The second-order valence-corrected chi connectivity index (χ2v) is 23.2. The quantitative estimate of drug-likeness (QED) is 0.0538. The van der Waals surface area contributed by atoms with Crippen molar-refractivity contribution in [1.82, 2.24) is 45.7 Å². The number of halogens is 1. The lowest BCUT2D eigenvalue weighted by molar-refractivity contribution is -0.144. The molecule has 17 nitrogen and oxygen atoms in total. The average Bonchev–Trinajstić information content (AvgIpc) is 4.24. The van der Waals surface area contributed by atoms with Gasteiger partial charge in [-0.25, -0.2) is 9.37 Å². The number of nitrogens with one attached hydrogen (secondary N) is 3. The molecule has 4 aliphatic heterocycles. The number of aromatic hydroxyl groups is 1. The first kappa shape index (κ1) is 54.0. The number of phenolic OH excluding ortho intramolecular Hbond substituents is 1. The van der Waals surface area contributed by atoms with E-state index in [9.17, 15) is 24.6 Å². The zero-order chi connectivity index (χ0) is 54.1. The maximum atomic E-state index is 17.2. The molecule has 4 fully saturated rings. The van der Waals surface area contributed by atoms with Crippen molar-refractivity contribution in [2.75, 3.05) is 57.4 Å². The van der Waals surface area contributed by atoms with E-state index in [0.717, 1.165) is 70.3 Å². The van der Waals surface area contributed by atoms with Gasteiger partial charge in [0.1, 0.15) is 41.5 Å². The molecule has 19 heteroatoms. The number of ether oxygens (including phenoxy) is 2. The average molecular weight is 1070 g/mol. The molecule has 3 aromatic carbocycles. The van der Waals surface area contributed by atoms with Gasteiger partial charge in [-0.05, 0) is 97.5 Å². The van der Waals surface area contributed by atoms with Crippen LogP contribution in [0, 0.1) is 18.2 Å². The van der Waals surface area contributed by atoms with Crippen LogP contribution < -0.4 is 25.6 Å². The molecule has 0 spiro atoms. The smallest absolute Gasteiger partial charge is 0.319 e. The predicted molar refractivity (Wildman–Crippen MR) is 295 cm³/mol. The monoisotopic (exact) mass is 1070 g/mol. The zero-order valence-corrected chi connectivity index (χ0v) is 45.7. The van der Waals surface area contributed by atoms with Crippen LogP contribution in [-0.2, 0) is 25.5 Å². The van der Waals surface area contributed by atoms with Crippen molar-refractivity contribution in [3.63, 3.8) is 0 Å². The highest BCUT2D eigenvalue weighted by Crippen LogP contribution is 2.39. The van der Waals surface area contributed by atoms with Gasteiger partial charge in [-0.3, -0.25) is 24.3 Å². The van der Waals surface area contributed by atoms with Gasteiger partial charge in [-0.2, -0.15) is 9.97 Å². The molecule has 0 saturated carbocycles. The maximum Gasteiger partial charge on any atom is 0.319 e. The summed E-state index contributed by atoms with van der Waals surface area (Å²) in [6, 6.07) is 15.5. The molecule has 7 heterocycles. The topological polar surface area (TPSA) is 208 Å². The van der Waals surface area contributed by atoms with Crippen molar-refractivity contribution in [3.05, 3.63) is 88.9 Å². The van der Waals surface area contributed by atoms with Crippen molar-refractivity contribution in [2.24, 2.45) is 5.41 Å². The van der Waals surface area contributed by atoms with Crippen LogP contribution in [0.3, 0.4) is 0 Å². The number of β-amino-alcohol motifs (C(OH)–C–C–N with tert-alkyl or cyclic N) is 1. The third kappa shape index (κ3) is 11.7. The molecule has 7 atom stereocenters. The lowest BCUT2D eigenvalue weighted by Crippen LogP contribution is -2.58. The van der Waals surface area contributed by atoms with Crippen molar-refractivity contribution in [3.8, 4) is 33.5 Å². The minimum Gasteiger partial charge on any atom is -0.508 e. The Kier molecular flexibility index (Phi) is 16.1. The summed E-state index contributed by atoms with van der Waals surface area (Å²) in [4.78, 5) is 67.2. The molecule has 2 bridgehead atoms. The van der Waals surface area contributed by atoms with E-state index < -0.39 is 35.3 Å². The summed E-state index contributed by atoms with van der Waals surface area (Å²) >= 11 is 1.57.